The molecule has 2 aromatic rings. The number of carboxylic acids is 1. The van der Waals surface area contributed by atoms with E-state index in [9.17, 15) is 25.2 Å². The quantitative estimate of drug-likeness (QED) is 0.485. The molecule has 5 atom stereocenters. The van der Waals surface area contributed by atoms with Crippen LogP contribution < -0.4 is 4.74 Å². The van der Waals surface area contributed by atoms with Crippen molar-refractivity contribution in [1.29, 1.82) is 0 Å². The number of carbonyl (C=O) groups is 1. The number of pyridine rings is 1. The van der Waals surface area contributed by atoms with Gasteiger partial charge in [0.15, 0.2) is 11.9 Å². The van der Waals surface area contributed by atoms with E-state index in [2.05, 4.69) is 4.98 Å². The van der Waals surface area contributed by atoms with E-state index in [0.717, 1.165) is 0 Å². The Morgan fingerprint density at radius 1 is 1.12 bits per heavy atom. The van der Waals surface area contributed by atoms with Crippen molar-refractivity contribution in [2.75, 3.05) is 0 Å². The fourth-order valence-corrected chi connectivity index (χ4v) is 2.43. The van der Waals surface area contributed by atoms with Gasteiger partial charge in [0.2, 0.25) is 6.29 Å². The van der Waals surface area contributed by atoms with Crippen LogP contribution in [0.1, 0.15) is 0 Å². The van der Waals surface area contributed by atoms with E-state index in [0.29, 0.717) is 10.9 Å². The van der Waals surface area contributed by atoms with Gasteiger partial charge in [-0.3, -0.25) is 0 Å². The second-order valence-electron chi connectivity index (χ2n) is 5.36. The third-order valence-corrected chi connectivity index (χ3v) is 3.71. The predicted octanol–water partition coefficient (Wildman–Crippen LogP) is -0.789. The lowest BCUT2D eigenvalue weighted by molar-refractivity contribution is -0.271. The minimum absolute atomic E-state index is 0.300. The Hall–Kier alpha value is -2.46. The van der Waals surface area contributed by atoms with Gasteiger partial charge >= 0.3 is 5.97 Å². The number of benzene rings is 1. The minimum Gasteiger partial charge on any atom is -0.503 e. The molecule has 128 valence electrons. The lowest BCUT2D eigenvalue weighted by atomic mass is 9.99. The first kappa shape index (κ1) is 16.4. The molecule has 3 rings (SSSR count). The monoisotopic (exact) mass is 337 g/mol. The van der Waals surface area contributed by atoms with Crippen molar-refractivity contribution in [3.8, 4) is 11.6 Å². The van der Waals surface area contributed by atoms with Crippen LogP contribution in [0.25, 0.3) is 10.9 Å². The van der Waals surface area contributed by atoms with Crippen LogP contribution in [0.15, 0.2) is 30.3 Å². The van der Waals surface area contributed by atoms with E-state index in [4.69, 9.17) is 14.6 Å². The number of aromatic nitrogens is 1. The lowest BCUT2D eigenvalue weighted by Crippen LogP contribution is -2.61. The zero-order chi connectivity index (χ0) is 17.4. The topological polar surface area (TPSA) is 150 Å². The Morgan fingerprint density at radius 2 is 1.83 bits per heavy atom. The summed E-state index contributed by atoms with van der Waals surface area (Å²) in [7, 11) is 0. The summed E-state index contributed by atoms with van der Waals surface area (Å²) in [6, 6.07) is 8.25. The zero-order valence-corrected chi connectivity index (χ0v) is 12.2. The van der Waals surface area contributed by atoms with Gasteiger partial charge in [-0.25, -0.2) is 9.78 Å². The number of ether oxygens (including phenoxy) is 2. The predicted molar refractivity (Wildman–Crippen MR) is 78.4 cm³/mol. The molecular weight excluding hydrogens is 322 g/mol. The summed E-state index contributed by atoms with van der Waals surface area (Å²) in [4.78, 5) is 15.1. The highest BCUT2D eigenvalue weighted by atomic mass is 16.7. The molecule has 2 heterocycles. The van der Waals surface area contributed by atoms with Crippen LogP contribution in [0.5, 0.6) is 11.6 Å². The molecule has 1 aliphatic rings. The van der Waals surface area contributed by atoms with Crippen LogP contribution in [-0.4, -0.2) is 67.2 Å². The smallest absolute Gasteiger partial charge is 0.335 e. The highest BCUT2D eigenvalue weighted by Crippen LogP contribution is 2.31. The fraction of sp³-hybridized carbons (Fsp3) is 0.333. The van der Waals surface area contributed by atoms with Crippen LogP contribution in [0.3, 0.4) is 0 Å². The molecule has 9 nitrogen and oxygen atoms in total. The fourth-order valence-electron chi connectivity index (χ4n) is 2.43. The Balaban J connectivity index is 1.89. The van der Waals surface area contributed by atoms with Gasteiger partial charge in [0, 0.05) is 5.39 Å². The first-order chi connectivity index (χ1) is 11.4. The number of nitrogens with zero attached hydrogens (tertiary/aromatic N) is 1. The van der Waals surface area contributed by atoms with Crippen molar-refractivity contribution < 1.29 is 39.8 Å². The number of carboxylic acid groups (broad SMARTS) is 1. The Morgan fingerprint density at radius 3 is 2.54 bits per heavy atom. The Labute approximate surface area is 135 Å². The van der Waals surface area contributed by atoms with Crippen molar-refractivity contribution in [2.24, 2.45) is 0 Å². The molecule has 9 heteroatoms. The summed E-state index contributed by atoms with van der Waals surface area (Å²) in [6.07, 6.45) is -8.79. The van der Waals surface area contributed by atoms with Crippen molar-refractivity contribution in [3.05, 3.63) is 30.3 Å². The molecular formula is C15H15NO8. The average molecular weight is 337 g/mol. The number of rotatable bonds is 3. The number of aliphatic hydroxyl groups excluding tert-OH is 3. The average Bonchev–Trinajstić information content (AvgIpc) is 2.55. The van der Waals surface area contributed by atoms with Crippen molar-refractivity contribution in [1.82, 2.24) is 4.98 Å². The van der Waals surface area contributed by atoms with E-state index >= 15 is 0 Å². The second-order valence-corrected chi connectivity index (χ2v) is 5.36. The van der Waals surface area contributed by atoms with Crippen LogP contribution >= 0.6 is 0 Å². The highest BCUT2D eigenvalue weighted by Gasteiger charge is 2.48. The van der Waals surface area contributed by atoms with Crippen LogP contribution in [0.2, 0.25) is 0 Å². The number of para-hydroxylation sites is 1. The van der Waals surface area contributed by atoms with Gasteiger partial charge in [-0.1, -0.05) is 18.2 Å². The molecule has 0 aliphatic carbocycles. The SMILES string of the molecule is O=C(O)[C@H]1O[C@@H](Oc2nc3ccccc3cc2O)[C@H](O)[C@@H](O)[C@@H]1O. The van der Waals surface area contributed by atoms with Gasteiger partial charge in [0.1, 0.15) is 18.3 Å². The summed E-state index contributed by atoms with van der Waals surface area (Å²) in [5, 5.41) is 48.9. The standard InChI is InChI=1S/C15H15NO8/c17-8-5-6-3-1-2-4-7(6)16-13(8)24-15-11(20)9(18)10(19)12(23-15)14(21)22/h1-5,9-12,15,17-20H,(H,21,22)/t9-,10-,11+,12-,15-/m0/s1. The molecule has 0 radical (unpaired) electrons. The molecule has 0 bridgehead atoms. The van der Waals surface area contributed by atoms with Gasteiger partial charge < -0.3 is 35.0 Å². The molecule has 1 saturated heterocycles. The largest absolute Gasteiger partial charge is 0.503 e. The summed E-state index contributed by atoms with van der Waals surface area (Å²) in [5.74, 6) is -2.18. The Kier molecular flexibility index (Phi) is 4.24. The summed E-state index contributed by atoms with van der Waals surface area (Å²) in [5.41, 5.74) is 0.492. The van der Waals surface area contributed by atoms with Gasteiger partial charge in [-0.15, -0.1) is 0 Å². The maximum absolute atomic E-state index is 11.1. The van der Waals surface area contributed by atoms with E-state index in [1.807, 2.05) is 0 Å². The number of aliphatic hydroxyl groups is 3. The van der Waals surface area contributed by atoms with Crippen LogP contribution in [0, 0.1) is 0 Å². The molecule has 0 saturated carbocycles. The molecule has 0 spiro atoms. The van der Waals surface area contributed by atoms with Crippen molar-refractivity contribution in [2.45, 2.75) is 30.7 Å². The highest BCUT2D eigenvalue weighted by molar-refractivity contribution is 5.80. The molecule has 24 heavy (non-hydrogen) atoms. The van der Waals surface area contributed by atoms with Gasteiger partial charge in [-0.05, 0) is 12.1 Å². The maximum Gasteiger partial charge on any atom is 0.335 e. The number of fused-ring (bicyclic) bond motifs is 1. The molecule has 5 N–H and O–H groups in total. The second kappa shape index (κ2) is 6.21. The summed E-state index contributed by atoms with van der Waals surface area (Å²) in [6.45, 7) is 0. The van der Waals surface area contributed by atoms with E-state index in [1.54, 1.807) is 24.3 Å². The van der Waals surface area contributed by atoms with Crippen LogP contribution in [-0.2, 0) is 9.53 Å². The minimum atomic E-state index is -1.82. The van der Waals surface area contributed by atoms with E-state index < -0.39 is 36.7 Å². The molecule has 1 fully saturated rings. The molecule has 1 aliphatic heterocycles. The van der Waals surface area contributed by atoms with Gasteiger partial charge in [0.05, 0.1) is 5.52 Å². The number of aliphatic carboxylic acids is 1. The van der Waals surface area contributed by atoms with Crippen LogP contribution in [0.4, 0.5) is 0 Å². The van der Waals surface area contributed by atoms with Gasteiger partial charge in [-0.2, -0.15) is 0 Å². The normalized spacial score (nSPS) is 30.2. The van der Waals surface area contributed by atoms with Gasteiger partial charge in [0.25, 0.3) is 5.88 Å². The number of aromatic hydroxyl groups is 1. The first-order valence-electron chi connectivity index (χ1n) is 7.06. The van der Waals surface area contributed by atoms with E-state index in [-0.39, 0.29) is 11.6 Å². The Bertz CT molecular complexity index is 766. The third kappa shape index (κ3) is 2.85. The zero-order valence-electron chi connectivity index (χ0n) is 12.2. The third-order valence-electron chi connectivity index (χ3n) is 3.71. The molecule has 1 aromatic carbocycles. The van der Waals surface area contributed by atoms with Crippen molar-refractivity contribution in [3.63, 3.8) is 0 Å². The molecule has 1 aromatic heterocycles. The lowest BCUT2D eigenvalue weighted by Gasteiger charge is -2.38. The summed E-state index contributed by atoms with van der Waals surface area (Å²) >= 11 is 0. The van der Waals surface area contributed by atoms with E-state index in [1.165, 1.54) is 6.07 Å². The first-order valence-corrected chi connectivity index (χ1v) is 7.06. The maximum atomic E-state index is 11.1. The molecule has 0 amide bonds. The molecule has 0 unspecified atom stereocenters. The number of hydrogen-bond acceptors (Lipinski definition) is 8. The van der Waals surface area contributed by atoms with Crippen molar-refractivity contribution >= 4 is 16.9 Å². The summed E-state index contributed by atoms with van der Waals surface area (Å²) < 4.78 is 10.2. The number of hydrogen-bond donors (Lipinski definition) is 5.